The van der Waals surface area contributed by atoms with E-state index in [0.29, 0.717) is 4.83 Å². The highest BCUT2D eigenvalue weighted by atomic mass is 79.9. The first-order chi connectivity index (χ1) is 4.31. The lowest BCUT2D eigenvalue weighted by Gasteiger charge is -2.03. The first-order valence-electron chi connectivity index (χ1n) is 3.56. The molecule has 1 unspecified atom stereocenters. The predicted octanol–water partition coefficient (Wildman–Crippen LogP) is 3.52. The van der Waals surface area contributed by atoms with Crippen LogP contribution in [0.2, 0.25) is 0 Å². The zero-order valence-corrected chi connectivity index (χ0v) is 7.65. The highest BCUT2D eigenvalue weighted by molar-refractivity contribution is 9.09. The van der Waals surface area contributed by atoms with E-state index in [2.05, 4.69) is 29.4 Å². The van der Waals surface area contributed by atoms with Crippen molar-refractivity contribution in [3.05, 3.63) is 12.7 Å². The molecule has 0 aromatic rings. The maximum atomic E-state index is 3.67. The standard InChI is InChI=1S/C8H15Br/c1-3-5-7-8(9)6-4-2/h3,8H,1,4-7H2,2H3. The van der Waals surface area contributed by atoms with E-state index in [-0.39, 0.29) is 0 Å². The van der Waals surface area contributed by atoms with Crippen molar-refractivity contribution in [1.29, 1.82) is 0 Å². The second kappa shape index (κ2) is 6.34. The van der Waals surface area contributed by atoms with Crippen molar-refractivity contribution >= 4 is 15.9 Å². The minimum Gasteiger partial charge on any atom is -0.103 e. The van der Waals surface area contributed by atoms with Crippen LogP contribution in [0.4, 0.5) is 0 Å². The zero-order valence-electron chi connectivity index (χ0n) is 6.07. The molecule has 0 rings (SSSR count). The molecule has 0 N–H and O–H groups in total. The molecule has 0 saturated carbocycles. The smallest absolute Gasteiger partial charge is 0.0148 e. The molecule has 0 radical (unpaired) electrons. The largest absolute Gasteiger partial charge is 0.103 e. The van der Waals surface area contributed by atoms with Crippen LogP contribution in [-0.4, -0.2) is 4.83 Å². The molecule has 0 saturated heterocycles. The van der Waals surface area contributed by atoms with E-state index in [9.17, 15) is 0 Å². The van der Waals surface area contributed by atoms with Crippen molar-refractivity contribution in [3.63, 3.8) is 0 Å². The third-order valence-electron chi connectivity index (χ3n) is 1.29. The molecule has 1 heteroatoms. The van der Waals surface area contributed by atoms with Crippen LogP contribution >= 0.6 is 15.9 Å². The van der Waals surface area contributed by atoms with Gasteiger partial charge in [-0.2, -0.15) is 0 Å². The fraction of sp³-hybridized carbons (Fsp3) is 0.750. The summed E-state index contributed by atoms with van der Waals surface area (Å²) < 4.78 is 0. The Hall–Kier alpha value is 0.220. The first-order valence-corrected chi connectivity index (χ1v) is 4.47. The molecule has 0 nitrogen and oxygen atoms in total. The SMILES string of the molecule is C=CCCC(Br)CCC. The fourth-order valence-electron chi connectivity index (χ4n) is 0.756. The van der Waals surface area contributed by atoms with Crippen molar-refractivity contribution in [2.24, 2.45) is 0 Å². The van der Waals surface area contributed by atoms with Gasteiger partial charge >= 0.3 is 0 Å². The summed E-state index contributed by atoms with van der Waals surface area (Å²) in [5, 5.41) is 0. The summed E-state index contributed by atoms with van der Waals surface area (Å²) in [5.74, 6) is 0. The Bertz CT molecular complexity index is 69.0. The Balaban J connectivity index is 3.04. The van der Waals surface area contributed by atoms with Gasteiger partial charge in [0.1, 0.15) is 0 Å². The van der Waals surface area contributed by atoms with Crippen LogP contribution in [0.3, 0.4) is 0 Å². The van der Waals surface area contributed by atoms with Crippen molar-refractivity contribution < 1.29 is 0 Å². The summed E-state index contributed by atoms with van der Waals surface area (Å²) in [4.78, 5) is 0.709. The highest BCUT2D eigenvalue weighted by Crippen LogP contribution is 2.13. The van der Waals surface area contributed by atoms with Crippen LogP contribution < -0.4 is 0 Å². The molecule has 9 heavy (non-hydrogen) atoms. The number of rotatable bonds is 5. The Morgan fingerprint density at radius 2 is 2.22 bits per heavy atom. The lowest BCUT2D eigenvalue weighted by molar-refractivity contribution is 0.702. The second-order valence-electron chi connectivity index (χ2n) is 2.25. The average molecular weight is 191 g/mol. The lowest BCUT2D eigenvalue weighted by atomic mass is 10.1. The Kier molecular flexibility index (Phi) is 6.50. The maximum absolute atomic E-state index is 3.67. The summed E-state index contributed by atoms with van der Waals surface area (Å²) in [7, 11) is 0. The average Bonchev–Trinajstić information content (AvgIpc) is 1.85. The molecule has 0 aliphatic heterocycles. The minimum absolute atomic E-state index is 0.709. The van der Waals surface area contributed by atoms with Crippen LogP contribution in [0, 0.1) is 0 Å². The van der Waals surface area contributed by atoms with E-state index in [1.807, 2.05) is 6.08 Å². The molecule has 0 fully saturated rings. The molecule has 54 valence electrons. The molecule has 0 aliphatic carbocycles. The van der Waals surface area contributed by atoms with Gasteiger partial charge in [0.25, 0.3) is 0 Å². The van der Waals surface area contributed by atoms with E-state index in [1.165, 1.54) is 19.3 Å². The van der Waals surface area contributed by atoms with E-state index in [0.717, 1.165) is 6.42 Å². The summed E-state index contributed by atoms with van der Waals surface area (Å²) in [5.41, 5.74) is 0. The van der Waals surface area contributed by atoms with Crippen LogP contribution in [-0.2, 0) is 0 Å². The molecule has 0 bridgehead atoms. The molecular weight excluding hydrogens is 176 g/mol. The van der Waals surface area contributed by atoms with Gasteiger partial charge in [0.05, 0.1) is 0 Å². The Labute approximate surface area is 66.5 Å². The van der Waals surface area contributed by atoms with Crippen molar-refractivity contribution in [2.45, 2.75) is 37.4 Å². The minimum atomic E-state index is 0.709. The summed E-state index contributed by atoms with van der Waals surface area (Å²) in [6.45, 7) is 5.88. The van der Waals surface area contributed by atoms with Crippen LogP contribution in [0.15, 0.2) is 12.7 Å². The second-order valence-corrected chi connectivity index (χ2v) is 3.55. The van der Waals surface area contributed by atoms with Crippen molar-refractivity contribution in [2.75, 3.05) is 0 Å². The summed E-state index contributed by atoms with van der Waals surface area (Å²) in [6.07, 6.45) is 6.90. The number of halogens is 1. The number of allylic oxidation sites excluding steroid dienone is 1. The molecule has 0 aromatic heterocycles. The van der Waals surface area contributed by atoms with Gasteiger partial charge in [0, 0.05) is 4.83 Å². The topological polar surface area (TPSA) is 0 Å². The van der Waals surface area contributed by atoms with E-state index < -0.39 is 0 Å². The van der Waals surface area contributed by atoms with E-state index in [4.69, 9.17) is 0 Å². The van der Waals surface area contributed by atoms with Gasteiger partial charge in [0.15, 0.2) is 0 Å². The molecule has 0 aliphatic rings. The zero-order chi connectivity index (χ0) is 7.11. The maximum Gasteiger partial charge on any atom is 0.0148 e. The van der Waals surface area contributed by atoms with E-state index >= 15 is 0 Å². The molecule has 0 spiro atoms. The van der Waals surface area contributed by atoms with Gasteiger partial charge in [-0.3, -0.25) is 0 Å². The fourth-order valence-corrected chi connectivity index (χ4v) is 1.48. The highest BCUT2D eigenvalue weighted by Gasteiger charge is 1.98. The molecule has 0 aromatic carbocycles. The quantitative estimate of drug-likeness (QED) is 0.460. The number of hydrogen-bond donors (Lipinski definition) is 0. The number of alkyl halides is 1. The van der Waals surface area contributed by atoms with Gasteiger partial charge in [-0.05, 0) is 19.3 Å². The Morgan fingerprint density at radius 1 is 1.56 bits per heavy atom. The van der Waals surface area contributed by atoms with Crippen molar-refractivity contribution in [1.82, 2.24) is 0 Å². The molecule has 0 amide bonds. The lowest BCUT2D eigenvalue weighted by Crippen LogP contribution is -1.94. The summed E-state index contributed by atoms with van der Waals surface area (Å²) in [6, 6.07) is 0. The van der Waals surface area contributed by atoms with Crippen LogP contribution in [0.25, 0.3) is 0 Å². The van der Waals surface area contributed by atoms with Gasteiger partial charge in [-0.1, -0.05) is 35.4 Å². The Morgan fingerprint density at radius 3 is 2.67 bits per heavy atom. The number of hydrogen-bond acceptors (Lipinski definition) is 0. The van der Waals surface area contributed by atoms with E-state index in [1.54, 1.807) is 0 Å². The predicted molar refractivity (Wildman–Crippen MR) is 47.1 cm³/mol. The third kappa shape index (κ3) is 6.10. The van der Waals surface area contributed by atoms with Crippen molar-refractivity contribution in [3.8, 4) is 0 Å². The van der Waals surface area contributed by atoms with Crippen LogP contribution in [0.1, 0.15) is 32.6 Å². The van der Waals surface area contributed by atoms with Gasteiger partial charge in [-0.25, -0.2) is 0 Å². The molecular formula is C8H15Br. The normalized spacial score (nSPS) is 13.1. The summed E-state index contributed by atoms with van der Waals surface area (Å²) >= 11 is 3.59. The molecule has 1 atom stereocenters. The van der Waals surface area contributed by atoms with Gasteiger partial charge in [-0.15, -0.1) is 6.58 Å². The molecule has 0 heterocycles. The third-order valence-corrected chi connectivity index (χ3v) is 2.20. The first kappa shape index (κ1) is 9.22. The van der Waals surface area contributed by atoms with Gasteiger partial charge in [0.2, 0.25) is 0 Å². The monoisotopic (exact) mass is 190 g/mol. The van der Waals surface area contributed by atoms with Crippen LogP contribution in [0.5, 0.6) is 0 Å². The van der Waals surface area contributed by atoms with Gasteiger partial charge < -0.3 is 0 Å².